The molecule has 4 nitrogen and oxygen atoms in total. The highest BCUT2D eigenvalue weighted by Crippen LogP contribution is 2.25. The number of anilines is 1. The van der Waals surface area contributed by atoms with Crippen LogP contribution in [-0.2, 0) is 12.0 Å². The van der Waals surface area contributed by atoms with Crippen LogP contribution in [0.25, 0.3) is 11.3 Å². The molecule has 24 heavy (non-hydrogen) atoms. The molecule has 0 atom stereocenters. The normalized spacial score (nSPS) is 11.5. The molecule has 124 valence electrons. The third-order valence-corrected chi connectivity index (χ3v) is 3.95. The topological polar surface area (TPSA) is 63.9 Å². The maximum atomic E-state index is 5.84. The number of H-pyrrole nitrogens is 1. The third-order valence-electron chi connectivity index (χ3n) is 3.95. The molecule has 3 N–H and O–H groups in total. The molecule has 3 aromatic rings. The second-order valence-electron chi connectivity index (χ2n) is 6.96. The maximum absolute atomic E-state index is 5.84. The average molecular weight is 321 g/mol. The lowest BCUT2D eigenvalue weighted by Gasteiger charge is -2.19. The monoisotopic (exact) mass is 321 g/mol. The van der Waals surface area contributed by atoms with Crippen LogP contribution < -0.4 is 10.5 Å². The molecule has 0 fully saturated rings. The molecule has 4 heteroatoms. The Morgan fingerprint density at radius 2 is 1.67 bits per heavy atom. The number of aromatic nitrogens is 2. The van der Waals surface area contributed by atoms with E-state index in [1.165, 1.54) is 5.56 Å². The maximum Gasteiger partial charge on any atom is 0.130 e. The van der Waals surface area contributed by atoms with E-state index in [1.54, 1.807) is 0 Å². The molecule has 0 saturated heterocycles. The van der Waals surface area contributed by atoms with Crippen molar-refractivity contribution in [2.24, 2.45) is 0 Å². The predicted octanol–water partition coefficient (Wildman–Crippen LogP) is 4.54. The van der Waals surface area contributed by atoms with E-state index in [9.17, 15) is 0 Å². The fraction of sp³-hybridized carbons (Fsp3) is 0.250. The molecule has 3 rings (SSSR count). The highest BCUT2D eigenvalue weighted by Gasteiger charge is 2.13. The van der Waals surface area contributed by atoms with Crippen LogP contribution in [0.3, 0.4) is 0 Å². The molecule has 0 bridgehead atoms. The van der Waals surface area contributed by atoms with Crippen molar-refractivity contribution in [3.05, 3.63) is 65.9 Å². The molecule has 0 radical (unpaired) electrons. The number of hydrogen-bond acceptors (Lipinski definition) is 3. The average Bonchev–Trinajstić information content (AvgIpc) is 3.02. The van der Waals surface area contributed by atoms with Gasteiger partial charge in [-0.15, -0.1) is 0 Å². The van der Waals surface area contributed by atoms with E-state index < -0.39 is 0 Å². The lowest BCUT2D eigenvalue weighted by Crippen LogP contribution is -2.10. The van der Waals surface area contributed by atoms with Crippen LogP contribution in [0, 0.1) is 0 Å². The molecule has 2 aromatic carbocycles. The van der Waals surface area contributed by atoms with Crippen molar-refractivity contribution >= 4 is 5.69 Å². The number of nitrogen functional groups attached to an aromatic ring is 1. The Balaban J connectivity index is 1.64. The second kappa shape index (κ2) is 6.40. The minimum atomic E-state index is 0.149. The summed E-state index contributed by atoms with van der Waals surface area (Å²) in [6.45, 7) is 7.06. The fourth-order valence-corrected chi connectivity index (χ4v) is 2.45. The lowest BCUT2D eigenvalue weighted by atomic mass is 9.87. The van der Waals surface area contributed by atoms with Gasteiger partial charge in [-0.05, 0) is 41.3 Å². The number of nitrogens with zero attached hydrogens (tertiary/aromatic N) is 1. The van der Waals surface area contributed by atoms with Gasteiger partial charge in [-0.1, -0.05) is 45.0 Å². The molecule has 0 aliphatic heterocycles. The van der Waals surface area contributed by atoms with Crippen molar-refractivity contribution < 1.29 is 4.74 Å². The quantitative estimate of drug-likeness (QED) is 0.694. The Kier molecular flexibility index (Phi) is 4.30. The number of ether oxygens (including phenoxy) is 1. The van der Waals surface area contributed by atoms with Gasteiger partial charge in [0.25, 0.3) is 0 Å². The van der Waals surface area contributed by atoms with E-state index >= 15 is 0 Å². The van der Waals surface area contributed by atoms with Gasteiger partial charge in [-0.3, -0.25) is 5.10 Å². The van der Waals surface area contributed by atoms with E-state index in [1.807, 2.05) is 42.5 Å². The third kappa shape index (κ3) is 3.77. The molecule has 0 amide bonds. The minimum Gasteiger partial charge on any atom is -0.487 e. The summed E-state index contributed by atoms with van der Waals surface area (Å²) < 4.78 is 5.84. The Morgan fingerprint density at radius 1 is 1.00 bits per heavy atom. The number of benzene rings is 2. The zero-order valence-electron chi connectivity index (χ0n) is 14.3. The van der Waals surface area contributed by atoms with Gasteiger partial charge in [-0.25, -0.2) is 0 Å². The Labute approximate surface area is 142 Å². The smallest absolute Gasteiger partial charge is 0.130 e. The van der Waals surface area contributed by atoms with E-state index in [2.05, 4.69) is 43.1 Å². The molecule has 0 aliphatic carbocycles. The van der Waals surface area contributed by atoms with Crippen molar-refractivity contribution in [3.8, 4) is 17.0 Å². The highest BCUT2D eigenvalue weighted by molar-refractivity contribution is 5.61. The zero-order chi connectivity index (χ0) is 17.2. The first kappa shape index (κ1) is 16.1. The molecule has 0 unspecified atom stereocenters. The molecule has 1 aromatic heterocycles. The van der Waals surface area contributed by atoms with E-state index in [-0.39, 0.29) is 5.41 Å². The first-order valence-corrected chi connectivity index (χ1v) is 8.05. The summed E-state index contributed by atoms with van der Waals surface area (Å²) in [6, 6.07) is 17.9. The van der Waals surface area contributed by atoms with Gasteiger partial charge in [0.1, 0.15) is 12.4 Å². The van der Waals surface area contributed by atoms with Crippen LogP contribution in [0.15, 0.2) is 54.6 Å². The van der Waals surface area contributed by atoms with Gasteiger partial charge in [0.05, 0.1) is 11.4 Å². The molecule has 1 heterocycles. The summed E-state index contributed by atoms with van der Waals surface area (Å²) >= 11 is 0. The van der Waals surface area contributed by atoms with E-state index in [4.69, 9.17) is 10.5 Å². The van der Waals surface area contributed by atoms with Crippen LogP contribution in [-0.4, -0.2) is 10.2 Å². The number of aromatic amines is 1. The van der Waals surface area contributed by atoms with Gasteiger partial charge in [0, 0.05) is 11.3 Å². The van der Waals surface area contributed by atoms with Crippen LogP contribution in [0.4, 0.5) is 5.69 Å². The van der Waals surface area contributed by atoms with Crippen molar-refractivity contribution in [1.29, 1.82) is 0 Å². The standard InChI is InChI=1S/C20H23N3O/c1-20(2,3)15-6-10-18(11-7-15)24-13-17-12-19(23-22-17)14-4-8-16(21)9-5-14/h4-12H,13,21H2,1-3H3,(H,22,23). The van der Waals surface area contributed by atoms with E-state index in [0.29, 0.717) is 6.61 Å². The first-order chi connectivity index (χ1) is 11.4. The number of nitrogens with two attached hydrogens (primary N) is 1. The molecule has 0 aliphatic rings. The SMILES string of the molecule is CC(C)(C)c1ccc(OCc2cc(-c3ccc(N)cc3)n[nH]2)cc1. The molecular formula is C20H23N3O. The Bertz CT molecular complexity index is 796. The van der Waals surface area contributed by atoms with Gasteiger partial charge in [0.15, 0.2) is 0 Å². The Hall–Kier alpha value is -2.75. The van der Waals surface area contributed by atoms with Gasteiger partial charge in [-0.2, -0.15) is 5.10 Å². The first-order valence-electron chi connectivity index (χ1n) is 8.05. The summed E-state index contributed by atoms with van der Waals surface area (Å²) in [6.07, 6.45) is 0. The van der Waals surface area contributed by atoms with Crippen LogP contribution in [0.5, 0.6) is 5.75 Å². The largest absolute Gasteiger partial charge is 0.487 e. The number of hydrogen-bond donors (Lipinski definition) is 2. The lowest BCUT2D eigenvalue weighted by molar-refractivity contribution is 0.301. The minimum absolute atomic E-state index is 0.149. The molecule has 0 spiro atoms. The number of nitrogens with one attached hydrogen (secondary N) is 1. The van der Waals surface area contributed by atoms with Gasteiger partial charge < -0.3 is 10.5 Å². The molecular weight excluding hydrogens is 298 g/mol. The van der Waals surface area contributed by atoms with Crippen molar-refractivity contribution in [1.82, 2.24) is 10.2 Å². The highest BCUT2D eigenvalue weighted by atomic mass is 16.5. The summed E-state index contributed by atoms with van der Waals surface area (Å²) in [7, 11) is 0. The van der Waals surface area contributed by atoms with Crippen LogP contribution in [0.2, 0.25) is 0 Å². The van der Waals surface area contributed by atoms with E-state index in [0.717, 1.165) is 28.4 Å². The predicted molar refractivity (Wildman–Crippen MR) is 97.9 cm³/mol. The summed E-state index contributed by atoms with van der Waals surface area (Å²) in [4.78, 5) is 0. The van der Waals surface area contributed by atoms with Crippen LogP contribution in [0.1, 0.15) is 32.0 Å². The summed E-state index contributed by atoms with van der Waals surface area (Å²) in [5.74, 6) is 0.853. The summed E-state index contributed by atoms with van der Waals surface area (Å²) in [5, 5.41) is 7.35. The van der Waals surface area contributed by atoms with Crippen LogP contribution >= 0.6 is 0 Å². The van der Waals surface area contributed by atoms with Crippen molar-refractivity contribution in [2.45, 2.75) is 32.8 Å². The number of rotatable bonds is 4. The van der Waals surface area contributed by atoms with Gasteiger partial charge >= 0.3 is 0 Å². The summed E-state index contributed by atoms with van der Waals surface area (Å²) in [5.41, 5.74) is 10.7. The molecule has 0 saturated carbocycles. The van der Waals surface area contributed by atoms with Crippen molar-refractivity contribution in [2.75, 3.05) is 5.73 Å². The van der Waals surface area contributed by atoms with Crippen molar-refractivity contribution in [3.63, 3.8) is 0 Å². The fourth-order valence-electron chi connectivity index (χ4n) is 2.45. The zero-order valence-corrected chi connectivity index (χ0v) is 14.3. The van der Waals surface area contributed by atoms with Gasteiger partial charge in [0.2, 0.25) is 0 Å². The second-order valence-corrected chi connectivity index (χ2v) is 6.96. The Morgan fingerprint density at radius 3 is 2.29 bits per heavy atom.